The third-order valence-corrected chi connectivity index (χ3v) is 3.10. The van der Waals surface area contributed by atoms with Crippen LogP contribution in [0.1, 0.15) is 33.6 Å². The zero-order chi connectivity index (χ0) is 10.6. The third kappa shape index (κ3) is 2.45. The van der Waals surface area contributed by atoms with Crippen LogP contribution in [0.2, 0.25) is 0 Å². The average molecular weight is 203 g/mol. The molecule has 0 radical (unpaired) electrons. The van der Waals surface area contributed by atoms with Crippen LogP contribution in [0.3, 0.4) is 0 Å². The molecular weight excluding hydrogens is 181 g/mol. The average Bonchev–Trinajstić information content (AvgIpc) is 2.50. The molecule has 2 rings (SSSR count). The van der Waals surface area contributed by atoms with Crippen molar-refractivity contribution >= 4 is 0 Å². The maximum Gasteiger partial charge on any atom is 0.124 e. The van der Waals surface area contributed by atoms with E-state index in [0.717, 1.165) is 19.8 Å². The molecule has 2 aliphatic heterocycles. The smallest absolute Gasteiger partial charge is 0.124 e. The monoisotopic (exact) mass is 203 g/mol. The number of nitrogens with zero attached hydrogens (tertiary/aromatic N) is 1. The van der Waals surface area contributed by atoms with Crippen LogP contribution in [0.5, 0.6) is 0 Å². The van der Waals surface area contributed by atoms with E-state index in [1.165, 1.54) is 0 Å². The normalized spacial score (nSPS) is 33.4. The van der Waals surface area contributed by atoms with Gasteiger partial charge in [-0.3, -0.25) is 4.90 Å². The van der Waals surface area contributed by atoms with Crippen LogP contribution in [-0.4, -0.2) is 42.9 Å². The second-order valence-corrected chi connectivity index (χ2v) is 3.92. The lowest BCUT2D eigenvalue weighted by Crippen LogP contribution is -2.48. The molecule has 0 saturated carbocycles. The van der Waals surface area contributed by atoms with Crippen LogP contribution in [0.15, 0.2) is 0 Å². The highest BCUT2D eigenvalue weighted by atomic mass is 19.1. The maximum absolute atomic E-state index is 13.7. The van der Waals surface area contributed by atoms with Crippen LogP contribution >= 0.6 is 0 Å². The number of rotatable bonds is 2. The Kier molecular flexibility index (Phi) is 4.32. The summed E-state index contributed by atoms with van der Waals surface area (Å²) in [5.41, 5.74) is -0.907. The highest BCUT2D eigenvalue weighted by Gasteiger charge is 2.40. The van der Waals surface area contributed by atoms with E-state index < -0.39 is 5.67 Å². The zero-order valence-corrected chi connectivity index (χ0v) is 9.55. The highest BCUT2D eigenvalue weighted by molar-refractivity contribution is 4.93. The molecule has 0 bridgehead atoms. The van der Waals surface area contributed by atoms with Crippen LogP contribution < -0.4 is 0 Å². The van der Waals surface area contributed by atoms with Crippen molar-refractivity contribution in [1.29, 1.82) is 0 Å². The summed E-state index contributed by atoms with van der Waals surface area (Å²) < 4.78 is 18.8. The molecule has 2 saturated heterocycles. The van der Waals surface area contributed by atoms with Crippen molar-refractivity contribution in [2.45, 2.75) is 45.3 Å². The maximum atomic E-state index is 13.7. The number of ether oxygens (including phenoxy) is 1. The van der Waals surface area contributed by atoms with Gasteiger partial charge in [0.05, 0.1) is 19.3 Å². The second kappa shape index (κ2) is 5.08. The van der Waals surface area contributed by atoms with E-state index in [0.29, 0.717) is 25.4 Å². The Balaban J connectivity index is 0.000000461. The first-order chi connectivity index (χ1) is 6.73. The SMILES string of the molecule is CC.CCC1(F)CCN(C2COC2)C1. The van der Waals surface area contributed by atoms with Crippen molar-refractivity contribution in [3.05, 3.63) is 0 Å². The zero-order valence-electron chi connectivity index (χ0n) is 9.55. The number of hydrogen-bond acceptors (Lipinski definition) is 2. The van der Waals surface area contributed by atoms with Gasteiger partial charge in [-0.1, -0.05) is 20.8 Å². The fourth-order valence-electron chi connectivity index (χ4n) is 1.90. The van der Waals surface area contributed by atoms with Gasteiger partial charge in [-0.05, 0) is 12.8 Å². The first-order valence-electron chi connectivity index (χ1n) is 5.74. The summed E-state index contributed by atoms with van der Waals surface area (Å²) in [4.78, 5) is 2.23. The molecule has 2 fully saturated rings. The minimum Gasteiger partial charge on any atom is -0.378 e. The van der Waals surface area contributed by atoms with Gasteiger partial charge in [-0.2, -0.15) is 0 Å². The molecule has 0 aliphatic carbocycles. The molecule has 84 valence electrons. The van der Waals surface area contributed by atoms with Gasteiger partial charge in [0.25, 0.3) is 0 Å². The lowest BCUT2D eigenvalue weighted by Gasteiger charge is -2.34. The predicted molar refractivity (Wildman–Crippen MR) is 56.3 cm³/mol. The van der Waals surface area contributed by atoms with Crippen molar-refractivity contribution in [3.63, 3.8) is 0 Å². The van der Waals surface area contributed by atoms with E-state index in [4.69, 9.17) is 4.74 Å². The molecule has 2 heterocycles. The Bertz CT molecular complexity index is 173. The van der Waals surface area contributed by atoms with Crippen molar-refractivity contribution < 1.29 is 9.13 Å². The van der Waals surface area contributed by atoms with E-state index in [-0.39, 0.29) is 0 Å². The summed E-state index contributed by atoms with van der Waals surface area (Å²) in [6.07, 6.45) is 1.36. The van der Waals surface area contributed by atoms with Gasteiger partial charge < -0.3 is 4.74 Å². The number of hydrogen-bond donors (Lipinski definition) is 0. The molecule has 0 aromatic heterocycles. The van der Waals surface area contributed by atoms with Gasteiger partial charge in [0.1, 0.15) is 5.67 Å². The predicted octanol–water partition coefficient (Wildman–Crippen LogP) is 2.24. The van der Waals surface area contributed by atoms with E-state index >= 15 is 0 Å². The fourth-order valence-corrected chi connectivity index (χ4v) is 1.90. The Morgan fingerprint density at radius 1 is 1.43 bits per heavy atom. The second-order valence-electron chi connectivity index (χ2n) is 3.92. The van der Waals surface area contributed by atoms with Crippen LogP contribution in [-0.2, 0) is 4.74 Å². The number of alkyl halides is 1. The van der Waals surface area contributed by atoms with Gasteiger partial charge >= 0.3 is 0 Å². The Morgan fingerprint density at radius 2 is 2.07 bits per heavy atom. The number of likely N-dealkylation sites (tertiary alicyclic amines) is 1. The van der Waals surface area contributed by atoms with Crippen LogP contribution in [0.4, 0.5) is 4.39 Å². The topological polar surface area (TPSA) is 12.5 Å². The van der Waals surface area contributed by atoms with Gasteiger partial charge in [-0.15, -0.1) is 0 Å². The minimum absolute atomic E-state index is 0.508. The van der Waals surface area contributed by atoms with E-state index in [1.807, 2.05) is 20.8 Å². The van der Waals surface area contributed by atoms with Gasteiger partial charge in [0, 0.05) is 13.1 Å². The fraction of sp³-hybridized carbons (Fsp3) is 1.00. The molecule has 2 nitrogen and oxygen atoms in total. The third-order valence-electron chi connectivity index (χ3n) is 3.10. The van der Waals surface area contributed by atoms with Gasteiger partial charge in [0.2, 0.25) is 0 Å². The Morgan fingerprint density at radius 3 is 2.43 bits per heavy atom. The Labute approximate surface area is 86.4 Å². The molecule has 0 aromatic rings. The summed E-state index contributed by atoms with van der Waals surface area (Å²) in [7, 11) is 0. The van der Waals surface area contributed by atoms with Crippen LogP contribution in [0.25, 0.3) is 0 Å². The van der Waals surface area contributed by atoms with Crippen molar-refractivity contribution in [3.8, 4) is 0 Å². The summed E-state index contributed by atoms with van der Waals surface area (Å²) in [6.45, 7) is 9.08. The molecule has 0 N–H and O–H groups in total. The molecule has 0 aromatic carbocycles. The van der Waals surface area contributed by atoms with Crippen molar-refractivity contribution in [2.75, 3.05) is 26.3 Å². The van der Waals surface area contributed by atoms with E-state index in [1.54, 1.807) is 0 Å². The van der Waals surface area contributed by atoms with Gasteiger partial charge in [-0.25, -0.2) is 4.39 Å². The lowest BCUT2D eigenvalue weighted by atomic mass is 10.0. The summed E-state index contributed by atoms with van der Waals surface area (Å²) in [5, 5.41) is 0. The largest absolute Gasteiger partial charge is 0.378 e. The van der Waals surface area contributed by atoms with E-state index in [9.17, 15) is 4.39 Å². The van der Waals surface area contributed by atoms with Crippen molar-refractivity contribution in [1.82, 2.24) is 4.90 Å². The summed E-state index contributed by atoms with van der Waals surface area (Å²) in [5.74, 6) is 0. The number of halogens is 1. The van der Waals surface area contributed by atoms with Gasteiger partial charge in [0.15, 0.2) is 0 Å². The summed E-state index contributed by atoms with van der Waals surface area (Å²) >= 11 is 0. The molecule has 0 spiro atoms. The molecule has 2 aliphatic rings. The molecule has 0 amide bonds. The van der Waals surface area contributed by atoms with Crippen molar-refractivity contribution in [2.24, 2.45) is 0 Å². The minimum atomic E-state index is -0.907. The van der Waals surface area contributed by atoms with Crippen LogP contribution in [0, 0.1) is 0 Å². The molecule has 14 heavy (non-hydrogen) atoms. The lowest BCUT2D eigenvalue weighted by molar-refractivity contribution is -0.0613. The highest BCUT2D eigenvalue weighted by Crippen LogP contribution is 2.31. The first-order valence-corrected chi connectivity index (χ1v) is 5.74. The summed E-state index contributed by atoms with van der Waals surface area (Å²) in [6, 6.07) is 0.508. The van der Waals surface area contributed by atoms with E-state index in [2.05, 4.69) is 4.90 Å². The first kappa shape index (κ1) is 11.9. The Hall–Kier alpha value is -0.150. The molecule has 1 unspecified atom stereocenters. The molecular formula is C11H22FNO. The molecule has 1 atom stereocenters. The standard InChI is InChI=1S/C9H16FNO.C2H6/c1-2-9(10)3-4-11(7-9)8-5-12-6-8;1-2/h8H,2-7H2,1H3;1-2H3. The molecule has 3 heteroatoms. The quantitative estimate of drug-likeness (QED) is 0.682.